The van der Waals surface area contributed by atoms with Gasteiger partial charge in [0.05, 0.1) is 6.10 Å². The van der Waals surface area contributed by atoms with Crippen molar-refractivity contribution in [2.24, 2.45) is 16.3 Å². The molecule has 3 unspecified atom stereocenters. The maximum atomic E-state index is 11.8. The Morgan fingerprint density at radius 2 is 2.09 bits per heavy atom. The smallest absolute Gasteiger partial charge is 0.325 e. The minimum absolute atomic E-state index is 0.0741. The van der Waals surface area contributed by atoms with Gasteiger partial charge in [0.2, 0.25) is 0 Å². The number of fused-ring (bicyclic) bond motifs is 1. The molecule has 2 N–H and O–H groups in total. The molecule has 1 aliphatic heterocycles. The Labute approximate surface area is 133 Å². The zero-order valence-electron chi connectivity index (χ0n) is 14.5. The van der Waals surface area contributed by atoms with Crippen molar-refractivity contribution in [2.75, 3.05) is 20.2 Å². The molecular weight excluding hydrogens is 282 g/mol. The van der Waals surface area contributed by atoms with Gasteiger partial charge >= 0.3 is 5.97 Å². The molecule has 22 heavy (non-hydrogen) atoms. The number of aliphatic imine (C=N–C) groups is 1. The SMILES string of the molecule is CN=C(NCC(=O)OC(C)(C)C)NC1C2CCOC2C1(C)C. The molecule has 0 aromatic heterocycles. The van der Waals surface area contributed by atoms with E-state index in [1.54, 1.807) is 7.05 Å². The number of ether oxygens (including phenoxy) is 2. The maximum absolute atomic E-state index is 11.8. The Kier molecular flexibility index (Phi) is 4.70. The van der Waals surface area contributed by atoms with Crippen LogP contribution in [-0.4, -0.2) is 49.9 Å². The van der Waals surface area contributed by atoms with Crippen molar-refractivity contribution in [1.82, 2.24) is 10.6 Å². The van der Waals surface area contributed by atoms with Crippen LogP contribution in [0.3, 0.4) is 0 Å². The van der Waals surface area contributed by atoms with Gasteiger partial charge in [0.25, 0.3) is 0 Å². The van der Waals surface area contributed by atoms with Crippen LogP contribution >= 0.6 is 0 Å². The van der Waals surface area contributed by atoms with E-state index in [2.05, 4.69) is 29.5 Å². The third kappa shape index (κ3) is 3.54. The lowest BCUT2D eigenvalue weighted by Gasteiger charge is -2.54. The van der Waals surface area contributed by atoms with Crippen molar-refractivity contribution in [1.29, 1.82) is 0 Å². The van der Waals surface area contributed by atoms with Crippen LogP contribution in [0.2, 0.25) is 0 Å². The highest BCUT2D eigenvalue weighted by atomic mass is 16.6. The predicted molar refractivity (Wildman–Crippen MR) is 85.8 cm³/mol. The van der Waals surface area contributed by atoms with Gasteiger partial charge in [-0.3, -0.25) is 9.79 Å². The molecule has 0 bridgehead atoms. The minimum Gasteiger partial charge on any atom is -0.459 e. The molecule has 1 heterocycles. The lowest BCUT2D eigenvalue weighted by molar-refractivity contribution is -0.153. The summed E-state index contributed by atoms with van der Waals surface area (Å²) in [7, 11) is 1.71. The zero-order valence-corrected chi connectivity index (χ0v) is 14.5. The molecule has 0 spiro atoms. The fourth-order valence-corrected chi connectivity index (χ4v) is 3.49. The fraction of sp³-hybridized carbons (Fsp3) is 0.875. The summed E-state index contributed by atoms with van der Waals surface area (Å²) >= 11 is 0. The second-order valence-corrected chi connectivity index (χ2v) is 7.70. The summed E-state index contributed by atoms with van der Waals surface area (Å²) < 4.78 is 11.1. The van der Waals surface area contributed by atoms with E-state index in [9.17, 15) is 4.79 Å². The highest BCUT2D eigenvalue weighted by Crippen LogP contribution is 2.51. The second-order valence-electron chi connectivity index (χ2n) is 7.70. The molecule has 2 fully saturated rings. The quantitative estimate of drug-likeness (QED) is 0.467. The molecule has 6 nitrogen and oxygen atoms in total. The first kappa shape index (κ1) is 17.1. The topological polar surface area (TPSA) is 72.0 Å². The Bertz CT molecular complexity index is 454. The average Bonchev–Trinajstić information content (AvgIpc) is 2.83. The molecule has 1 saturated carbocycles. The Balaban J connectivity index is 1.85. The highest BCUT2D eigenvalue weighted by Gasteiger charge is 2.59. The second kappa shape index (κ2) is 6.07. The van der Waals surface area contributed by atoms with Crippen molar-refractivity contribution in [3.05, 3.63) is 0 Å². The summed E-state index contributed by atoms with van der Waals surface area (Å²) in [6, 6.07) is 0.310. The van der Waals surface area contributed by atoms with E-state index in [1.807, 2.05) is 20.8 Å². The predicted octanol–water partition coefficient (Wildman–Crippen LogP) is 1.31. The molecule has 0 amide bonds. The average molecular weight is 311 g/mol. The van der Waals surface area contributed by atoms with Crippen molar-refractivity contribution in [3.63, 3.8) is 0 Å². The number of guanidine groups is 1. The number of nitrogens with one attached hydrogen (secondary N) is 2. The van der Waals surface area contributed by atoms with E-state index in [0.29, 0.717) is 24.0 Å². The number of hydrogen-bond acceptors (Lipinski definition) is 4. The van der Waals surface area contributed by atoms with Crippen LogP contribution in [-0.2, 0) is 14.3 Å². The van der Waals surface area contributed by atoms with Gasteiger partial charge in [-0.25, -0.2) is 0 Å². The summed E-state index contributed by atoms with van der Waals surface area (Å²) in [5.41, 5.74) is -0.398. The number of nitrogens with zero attached hydrogens (tertiary/aromatic N) is 1. The fourth-order valence-electron chi connectivity index (χ4n) is 3.49. The third-order valence-electron chi connectivity index (χ3n) is 4.44. The molecule has 1 aliphatic carbocycles. The molecule has 1 saturated heterocycles. The number of hydrogen-bond donors (Lipinski definition) is 2. The van der Waals surface area contributed by atoms with E-state index in [-0.39, 0.29) is 17.9 Å². The normalized spacial score (nSPS) is 30.3. The Hall–Kier alpha value is -1.30. The lowest BCUT2D eigenvalue weighted by Crippen LogP contribution is -2.68. The molecule has 2 aliphatic rings. The number of carbonyl (C=O) groups excluding carboxylic acids is 1. The van der Waals surface area contributed by atoms with Crippen molar-refractivity contribution in [2.45, 2.75) is 58.8 Å². The summed E-state index contributed by atoms with van der Waals surface area (Å²) in [6.45, 7) is 10.9. The summed E-state index contributed by atoms with van der Waals surface area (Å²) in [4.78, 5) is 16.0. The first-order valence-electron chi connectivity index (χ1n) is 7.96. The maximum Gasteiger partial charge on any atom is 0.325 e. The molecule has 0 aromatic rings. The monoisotopic (exact) mass is 311 g/mol. The summed E-state index contributed by atoms with van der Waals surface area (Å²) in [6.07, 6.45) is 1.41. The van der Waals surface area contributed by atoms with Crippen LogP contribution in [0.15, 0.2) is 4.99 Å². The van der Waals surface area contributed by atoms with Crippen molar-refractivity contribution < 1.29 is 14.3 Å². The molecule has 2 rings (SSSR count). The van der Waals surface area contributed by atoms with Crippen LogP contribution < -0.4 is 10.6 Å². The third-order valence-corrected chi connectivity index (χ3v) is 4.44. The van der Waals surface area contributed by atoms with E-state index >= 15 is 0 Å². The number of esters is 1. The molecule has 6 heteroatoms. The zero-order chi connectivity index (χ0) is 16.5. The van der Waals surface area contributed by atoms with Crippen molar-refractivity contribution >= 4 is 11.9 Å². The molecule has 0 radical (unpaired) electrons. The van der Waals surface area contributed by atoms with Gasteiger partial charge in [-0.15, -0.1) is 0 Å². The summed E-state index contributed by atoms with van der Waals surface area (Å²) in [5, 5.41) is 6.47. The first-order valence-corrected chi connectivity index (χ1v) is 7.96. The number of rotatable bonds is 3. The van der Waals surface area contributed by atoms with Gasteiger partial charge in [0.1, 0.15) is 12.1 Å². The minimum atomic E-state index is -0.472. The van der Waals surface area contributed by atoms with Gasteiger partial charge in [-0.05, 0) is 27.2 Å². The van der Waals surface area contributed by atoms with Crippen LogP contribution in [0.1, 0.15) is 41.0 Å². The van der Waals surface area contributed by atoms with Crippen LogP contribution in [0.25, 0.3) is 0 Å². The largest absolute Gasteiger partial charge is 0.459 e. The van der Waals surface area contributed by atoms with Crippen LogP contribution in [0.5, 0.6) is 0 Å². The highest BCUT2D eigenvalue weighted by molar-refractivity contribution is 5.84. The number of carbonyl (C=O) groups is 1. The van der Waals surface area contributed by atoms with Crippen LogP contribution in [0, 0.1) is 11.3 Å². The van der Waals surface area contributed by atoms with Gasteiger partial charge in [-0.1, -0.05) is 13.8 Å². The van der Waals surface area contributed by atoms with Gasteiger partial charge < -0.3 is 20.1 Å². The Morgan fingerprint density at radius 1 is 1.41 bits per heavy atom. The van der Waals surface area contributed by atoms with Gasteiger partial charge in [-0.2, -0.15) is 0 Å². The van der Waals surface area contributed by atoms with E-state index in [1.165, 1.54) is 0 Å². The van der Waals surface area contributed by atoms with Crippen molar-refractivity contribution in [3.8, 4) is 0 Å². The lowest BCUT2D eigenvalue weighted by atomic mass is 9.57. The van der Waals surface area contributed by atoms with E-state index in [4.69, 9.17) is 9.47 Å². The van der Waals surface area contributed by atoms with E-state index in [0.717, 1.165) is 13.0 Å². The molecule has 3 atom stereocenters. The Morgan fingerprint density at radius 3 is 2.68 bits per heavy atom. The standard InChI is InChI=1S/C16H29N3O3/c1-15(2,3)22-11(20)9-18-14(17-6)19-12-10-7-8-21-13(10)16(12,4)5/h10,12-13H,7-9H2,1-6H3,(H2,17,18,19). The molecule has 0 aromatic carbocycles. The summed E-state index contributed by atoms with van der Waals surface area (Å²) in [5.74, 6) is 0.870. The van der Waals surface area contributed by atoms with E-state index < -0.39 is 5.60 Å². The van der Waals surface area contributed by atoms with Gasteiger partial charge in [0.15, 0.2) is 5.96 Å². The molecule has 126 valence electrons. The molecular formula is C16H29N3O3. The first-order chi connectivity index (χ1) is 10.1. The van der Waals surface area contributed by atoms with Gasteiger partial charge in [0, 0.05) is 31.0 Å². The van der Waals surface area contributed by atoms with Crippen LogP contribution in [0.4, 0.5) is 0 Å².